The van der Waals surface area contributed by atoms with E-state index in [1.807, 2.05) is 0 Å². The van der Waals surface area contributed by atoms with Crippen LogP contribution in [0.4, 0.5) is 4.79 Å². The summed E-state index contributed by atoms with van der Waals surface area (Å²) in [7, 11) is 3.25. The third-order valence-corrected chi connectivity index (χ3v) is 5.31. The molecule has 0 spiro atoms. The number of amides is 1. The van der Waals surface area contributed by atoms with Gasteiger partial charge in [-0.2, -0.15) is 0 Å². The summed E-state index contributed by atoms with van der Waals surface area (Å²) in [5.74, 6) is -0.827. The zero-order chi connectivity index (χ0) is 31.5. The van der Waals surface area contributed by atoms with Crippen LogP contribution < -0.4 is 5.32 Å². The van der Waals surface area contributed by atoms with Crippen molar-refractivity contribution in [1.29, 1.82) is 0 Å². The molecule has 43 heavy (non-hydrogen) atoms. The number of hydrogen-bond donors (Lipinski definition) is 2. The molecular weight excluding hydrogens is 574 g/mol. The van der Waals surface area contributed by atoms with E-state index >= 15 is 0 Å². The van der Waals surface area contributed by atoms with Gasteiger partial charge in [0, 0.05) is 27.2 Å². The first-order valence-electron chi connectivity index (χ1n) is 14.9. The molecule has 0 unspecified atom stereocenters. The Morgan fingerprint density at radius 1 is 0.535 bits per heavy atom. The first-order chi connectivity index (χ1) is 21.1. The van der Waals surface area contributed by atoms with Gasteiger partial charge in [-0.1, -0.05) is 6.42 Å². The lowest BCUT2D eigenvalue weighted by atomic mass is 10.2. The number of carboxylic acids is 1. The van der Waals surface area contributed by atoms with Gasteiger partial charge in [-0.3, -0.25) is 4.79 Å². The lowest BCUT2D eigenvalue weighted by Gasteiger charge is -2.19. The standard InChI is InChI=1S/C28H55NO14/c1-33-8-10-35-12-14-37-16-18-39-20-22-41-24-26(43-28(32)29-7-5-3-4-6-27(30)31)25-42-23-21-40-19-17-38-15-13-36-11-9-34-2/h26H,3-25H2,1-2H3,(H,29,32)(H,30,31). The maximum Gasteiger partial charge on any atom is 0.407 e. The molecule has 15 nitrogen and oxygen atoms in total. The largest absolute Gasteiger partial charge is 0.481 e. The van der Waals surface area contributed by atoms with Crippen LogP contribution in [0.5, 0.6) is 0 Å². The number of nitrogens with one attached hydrogen (secondary N) is 1. The summed E-state index contributed by atoms with van der Waals surface area (Å²) in [4.78, 5) is 22.8. The van der Waals surface area contributed by atoms with Crippen LogP contribution >= 0.6 is 0 Å². The lowest BCUT2D eigenvalue weighted by molar-refractivity contribution is -0.137. The molecule has 0 saturated carbocycles. The molecule has 1 amide bonds. The van der Waals surface area contributed by atoms with Crippen molar-refractivity contribution >= 4 is 12.1 Å². The quantitative estimate of drug-likeness (QED) is 0.0958. The van der Waals surface area contributed by atoms with Crippen molar-refractivity contribution < 1.29 is 66.8 Å². The number of carbonyl (C=O) groups excluding carboxylic acids is 1. The molecule has 0 aliphatic rings. The Hall–Kier alpha value is -1.66. The number of hydrogen-bond acceptors (Lipinski definition) is 13. The third-order valence-electron chi connectivity index (χ3n) is 5.31. The van der Waals surface area contributed by atoms with E-state index in [0.717, 1.165) is 0 Å². The minimum Gasteiger partial charge on any atom is -0.481 e. The van der Waals surface area contributed by atoms with E-state index in [1.54, 1.807) is 14.2 Å². The van der Waals surface area contributed by atoms with Crippen molar-refractivity contribution in [2.75, 3.05) is 140 Å². The van der Waals surface area contributed by atoms with Crippen LogP contribution in [0.2, 0.25) is 0 Å². The van der Waals surface area contributed by atoms with Gasteiger partial charge in [0.25, 0.3) is 0 Å². The van der Waals surface area contributed by atoms with Crippen molar-refractivity contribution in [1.82, 2.24) is 5.32 Å². The van der Waals surface area contributed by atoms with Gasteiger partial charge in [0.15, 0.2) is 6.10 Å². The van der Waals surface area contributed by atoms with E-state index in [2.05, 4.69) is 5.32 Å². The van der Waals surface area contributed by atoms with Crippen LogP contribution in [0.15, 0.2) is 0 Å². The van der Waals surface area contributed by atoms with Gasteiger partial charge in [0.1, 0.15) is 0 Å². The smallest absolute Gasteiger partial charge is 0.407 e. The Morgan fingerprint density at radius 3 is 1.28 bits per heavy atom. The second-order valence-corrected chi connectivity index (χ2v) is 8.97. The van der Waals surface area contributed by atoms with Crippen molar-refractivity contribution in [3.8, 4) is 0 Å². The Kier molecular flexibility index (Phi) is 33.5. The average molecular weight is 630 g/mol. The number of aliphatic carboxylic acids is 1. The molecule has 0 heterocycles. The molecule has 0 aliphatic carbocycles. The maximum absolute atomic E-state index is 12.2. The van der Waals surface area contributed by atoms with Crippen LogP contribution in [0, 0.1) is 0 Å². The van der Waals surface area contributed by atoms with E-state index < -0.39 is 18.2 Å². The minimum atomic E-state index is -0.827. The van der Waals surface area contributed by atoms with Crippen LogP contribution in [0.3, 0.4) is 0 Å². The number of methoxy groups -OCH3 is 2. The molecule has 0 aromatic carbocycles. The number of carboxylic acid groups (broad SMARTS) is 1. The number of unbranched alkanes of at least 4 members (excludes halogenated alkanes) is 2. The van der Waals surface area contributed by atoms with Gasteiger partial charge in [-0.25, -0.2) is 4.79 Å². The number of carbonyl (C=O) groups is 2. The highest BCUT2D eigenvalue weighted by Crippen LogP contribution is 2.00. The molecule has 0 aromatic heterocycles. The SMILES string of the molecule is COCCOCCOCCOCCOCC(COCCOCCOCCOCCOC)OC(=O)NCCCCCC(=O)O. The summed E-state index contributed by atoms with van der Waals surface area (Å²) in [6.45, 7) is 7.88. The van der Waals surface area contributed by atoms with E-state index in [9.17, 15) is 9.59 Å². The predicted octanol–water partition coefficient (Wildman–Crippen LogP) is 1.15. The normalized spacial score (nSPS) is 11.3. The fourth-order valence-electron chi connectivity index (χ4n) is 3.11. The highest BCUT2D eigenvalue weighted by Gasteiger charge is 2.15. The minimum absolute atomic E-state index is 0.114. The van der Waals surface area contributed by atoms with Gasteiger partial charge in [-0.15, -0.1) is 0 Å². The summed E-state index contributed by atoms with van der Waals surface area (Å²) in [5, 5.41) is 11.4. The molecule has 0 atom stereocenters. The van der Waals surface area contributed by atoms with Crippen LogP contribution in [-0.2, 0) is 56.9 Å². The van der Waals surface area contributed by atoms with Crippen molar-refractivity contribution in [2.45, 2.75) is 31.8 Å². The van der Waals surface area contributed by atoms with Gasteiger partial charge in [-0.05, 0) is 12.8 Å². The van der Waals surface area contributed by atoms with E-state index in [0.29, 0.717) is 132 Å². The molecule has 0 aromatic rings. The topological polar surface area (TPSA) is 168 Å². The predicted molar refractivity (Wildman–Crippen MR) is 155 cm³/mol. The Bertz CT molecular complexity index is 572. The summed E-state index contributed by atoms with van der Waals surface area (Å²) < 4.78 is 58.9. The Morgan fingerprint density at radius 2 is 0.907 bits per heavy atom. The van der Waals surface area contributed by atoms with Gasteiger partial charge in [0.05, 0.1) is 119 Å². The first-order valence-corrected chi connectivity index (χ1v) is 14.9. The fraction of sp³-hybridized carbons (Fsp3) is 0.929. The second-order valence-electron chi connectivity index (χ2n) is 8.97. The maximum atomic E-state index is 12.2. The monoisotopic (exact) mass is 629 g/mol. The number of rotatable bonds is 35. The van der Waals surface area contributed by atoms with Gasteiger partial charge in [0.2, 0.25) is 0 Å². The summed E-state index contributed by atoms with van der Waals surface area (Å²) in [6, 6.07) is 0. The Balaban J connectivity index is 4.03. The highest BCUT2D eigenvalue weighted by molar-refractivity contribution is 5.67. The van der Waals surface area contributed by atoms with Crippen molar-refractivity contribution in [2.24, 2.45) is 0 Å². The van der Waals surface area contributed by atoms with Gasteiger partial charge >= 0.3 is 12.1 Å². The second kappa shape index (κ2) is 34.8. The molecule has 256 valence electrons. The molecule has 0 radical (unpaired) electrons. The third kappa shape index (κ3) is 34.7. The fourth-order valence-corrected chi connectivity index (χ4v) is 3.11. The van der Waals surface area contributed by atoms with Crippen LogP contribution in [-0.4, -0.2) is 163 Å². The molecule has 15 heteroatoms. The molecule has 0 saturated heterocycles. The van der Waals surface area contributed by atoms with E-state index in [-0.39, 0.29) is 19.6 Å². The number of alkyl carbamates (subject to hydrolysis) is 1. The van der Waals surface area contributed by atoms with Gasteiger partial charge < -0.3 is 62.5 Å². The lowest BCUT2D eigenvalue weighted by Crippen LogP contribution is -2.35. The molecule has 0 rings (SSSR count). The van der Waals surface area contributed by atoms with E-state index in [4.69, 9.17) is 57.2 Å². The zero-order valence-electron chi connectivity index (χ0n) is 26.1. The van der Waals surface area contributed by atoms with Crippen molar-refractivity contribution in [3.05, 3.63) is 0 Å². The molecule has 2 N–H and O–H groups in total. The molecule has 0 fully saturated rings. The average Bonchev–Trinajstić information content (AvgIpc) is 2.99. The van der Waals surface area contributed by atoms with Crippen molar-refractivity contribution in [3.63, 3.8) is 0 Å². The van der Waals surface area contributed by atoms with Crippen LogP contribution in [0.1, 0.15) is 25.7 Å². The first kappa shape index (κ1) is 41.3. The molecule has 0 aliphatic heterocycles. The van der Waals surface area contributed by atoms with Crippen LogP contribution in [0.25, 0.3) is 0 Å². The summed E-state index contributed by atoms with van der Waals surface area (Å²) in [5.41, 5.74) is 0. The Labute approximate surface area is 256 Å². The number of ether oxygens (including phenoxy) is 11. The highest BCUT2D eigenvalue weighted by atomic mass is 16.6. The zero-order valence-corrected chi connectivity index (χ0v) is 26.1. The summed E-state index contributed by atoms with van der Waals surface area (Å²) in [6.07, 6.45) is 0.811. The molecular formula is C28H55NO14. The molecule has 0 bridgehead atoms. The summed E-state index contributed by atoms with van der Waals surface area (Å²) >= 11 is 0. The van der Waals surface area contributed by atoms with E-state index in [1.165, 1.54) is 0 Å².